The molecule has 2 aromatic rings. The van der Waals surface area contributed by atoms with Gasteiger partial charge in [0.15, 0.2) is 5.78 Å². The van der Waals surface area contributed by atoms with Gasteiger partial charge in [-0.25, -0.2) is 0 Å². The minimum absolute atomic E-state index is 0.0238. The Hall–Kier alpha value is -1.61. The van der Waals surface area contributed by atoms with E-state index in [2.05, 4.69) is 5.10 Å². The van der Waals surface area contributed by atoms with E-state index < -0.39 is 0 Å². The lowest BCUT2D eigenvalue weighted by Gasteiger charge is -2.05. The monoisotopic (exact) mass is 276 g/mol. The van der Waals surface area contributed by atoms with Crippen LogP contribution in [0.15, 0.2) is 24.3 Å². The topological polar surface area (TPSA) is 34.9 Å². The summed E-state index contributed by atoms with van der Waals surface area (Å²) in [7, 11) is 1.86. The lowest BCUT2D eigenvalue weighted by atomic mass is 10.0. The van der Waals surface area contributed by atoms with Gasteiger partial charge in [-0.15, -0.1) is 0 Å². The number of ketones is 1. The molecule has 0 atom stereocenters. The first kappa shape index (κ1) is 13.8. The minimum Gasteiger partial charge on any atom is -0.294 e. The molecule has 1 aromatic carbocycles. The molecule has 2 rings (SSSR count). The van der Waals surface area contributed by atoms with Crippen LogP contribution in [-0.4, -0.2) is 15.6 Å². The molecule has 19 heavy (non-hydrogen) atoms. The predicted molar refractivity (Wildman–Crippen MR) is 76.8 cm³/mol. The van der Waals surface area contributed by atoms with Crippen molar-refractivity contribution in [2.45, 2.75) is 26.7 Å². The summed E-state index contributed by atoms with van der Waals surface area (Å²) < 4.78 is 1.76. The van der Waals surface area contributed by atoms with Gasteiger partial charge in [0.2, 0.25) is 0 Å². The minimum atomic E-state index is 0.0238. The molecule has 100 valence electrons. The number of carbonyl (C=O) groups is 1. The van der Waals surface area contributed by atoms with Crippen LogP contribution in [0, 0.1) is 6.92 Å². The van der Waals surface area contributed by atoms with Gasteiger partial charge in [-0.3, -0.25) is 9.48 Å². The van der Waals surface area contributed by atoms with E-state index in [0.717, 1.165) is 23.4 Å². The Labute approximate surface area is 118 Å². The molecule has 0 N–H and O–H groups in total. The van der Waals surface area contributed by atoms with Gasteiger partial charge in [-0.1, -0.05) is 24.6 Å². The quantitative estimate of drug-likeness (QED) is 0.803. The Morgan fingerprint density at radius 1 is 1.37 bits per heavy atom. The van der Waals surface area contributed by atoms with Crippen LogP contribution in [0.3, 0.4) is 0 Å². The highest BCUT2D eigenvalue weighted by molar-refractivity contribution is 6.34. The molecule has 0 saturated carbocycles. The first-order chi connectivity index (χ1) is 9.01. The summed E-state index contributed by atoms with van der Waals surface area (Å²) in [5.74, 6) is 0.0238. The Morgan fingerprint density at radius 2 is 2.11 bits per heavy atom. The number of rotatable bonds is 4. The first-order valence-corrected chi connectivity index (χ1v) is 6.70. The summed E-state index contributed by atoms with van der Waals surface area (Å²) in [6.07, 6.45) is 1.19. The van der Waals surface area contributed by atoms with Crippen LogP contribution in [-0.2, 0) is 19.9 Å². The number of aryl methyl sites for hydroxylation is 3. The third kappa shape index (κ3) is 3.04. The largest absolute Gasteiger partial charge is 0.294 e. The standard InChI is InChI=1S/C15H17ClN2O/c1-4-11-8-12(18(3)17-11)9-15(19)13-6-5-10(2)7-14(13)16/h5-8H,4,9H2,1-3H3. The Balaban J connectivity index is 2.23. The van der Waals surface area contributed by atoms with E-state index in [1.54, 1.807) is 10.7 Å². The molecule has 4 heteroatoms. The van der Waals surface area contributed by atoms with Crippen LogP contribution in [0.25, 0.3) is 0 Å². The van der Waals surface area contributed by atoms with Crippen molar-refractivity contribution in [1.82, 2.24) is 9.78 Å². The lowest BCUT2D eigenvalue weighted by Crippen LogP contribution is -2.08. The van der Waals surface area contributed by atoms with E-state index >= 15 is 0 Å². The van der Waals surface area contributed by atoms with Crippen molar-refractivity contribution >= 4 is 17.4 Å². The highest BCUT2D eigenvalue weighted by Crippen LogP contribution is 2.19. The van der Waals surface area contributed by atoms with Crippen molar-refractivity contribution in [2.75, 3.05) is 0 Å². The molecule has 0 radical (unpaired) electrons. The van der Waals surface area contributed by atoms with E-state index in [0.29, 0.717) is 17.0 Å². The summed E-state index contributed by atoms with van der Waals surface area (Å²) in [5.41, 5.74) is 3.54. The second-order valence-corrected chi connectivity index (χ2v) is 5.09. The zero-order valence-electron chi connectivity index (χ0n) is 11.4. The molecule has 0 fully saturated rings. The second kappa shape index (κ2) is 5.57. The maximum atomic E-state index is 12.3. The number of nitrogens with zero attached hydrogens (tertiary/aromatic N) is 2. The maximum Gasteiger partial charge on any atom is 0.170 e. The molecular formula is C15H17ClN2O. The molecular weight excluding hydrogens is 260 g/mol. The van der Waals surface area contributed by atoms with Gasteiger partial charge >= 0.3 is 0 Å². The summed E-state index contributed by atoms with van der Waals surface area (Å²) in [5, 5.41) is 4.86. The number of Topliss-reactive ketones (excluding diaryl/α,β-unsaturated/α-hetero) is 1. The van der Waals surface area contributed by atoms with Crippen LogP contribution in [0.4, 0.5) is 0 Å². The van der Waals surface area contributed by atoms with Gasteiger partial charge in [-0.05, 0) is 37.1 Å². The van der Waals surface area contributed by atoms with Crippen LogP contribution < -0.4 is 0 Å². The fourth-order valence-electron chi connectivity index (χ4n) is 2.02. The zero-order valence-corrected chi connectivity index (χ0v) is 12.2. The summed E-state index contributed by atoms with van der Waals surface area (Å²) in [6.45, 7) is 4.00. The van der Waals surface area contributed by atoms with Crippen LogP contribution in [0.5, 0.6) is 0 Å². The van der Waals surface area contributed by atoms with E-state index in [1.807, 2.05) is 39.1 Å². The SMILES string of the molecule is CCc1cc(CC(=O)c2ccc(C)cc2Cl)n(C)n1. The maximum absolute atomic E-state index is 12.3. The summed E-state index contributed by atoms with van der Waals surface area (Å²) in [4.78, 5) is 12.3. The zero-order chi connectivity index (χ0) is 14.0. The van der Waals surface area contributed by atoms with E-state index in [9.17, 15) is 4.79 Å². The average molecular weight is 277 g/mol. The third-order valence-electron chi connectivity index (χ3n) is 3.16. The van der Waals surface area contributed by atoms with Gasteiger partial charge in [0.05, 0.1) is 17.1 Å². The van der Waals surface area contributed by atoms with E-state index in [4.69, 9.17) is 11.6 Å². The van der Waals surface area contributed by atoms with Crippen molar-refractivity contribution in [3.8, 4) is 0 Å². The van der Waals surface area contributed by atoms with Gasteiger partial charge in [0.25, 0.3) is 0 Å². The van der Waals surface area contributed by atoms with E-state index in [1.165, 1.54) is 0 Å². The van der Waals surface area contributed by atoms with Crippen molar-refractivity contribution in [2.24, 2.45) is 7.05 Å². The molecule has 0 saturated heterocycles. The fourth-order valence-corrected chi connectivity index (χ4v) is 2.36. The molecule has 0 amide bonds. The second-order valence-electron chi connectivity index (χ2n) is 4.69. The normalized spacial score (nSPS) is 10.7. The fraction of sp³-hybridized carbons (Fsp3) is 0.333. The van der Waals surface area contributed by atoms with Gasteiger partial charge in [-0.2, -0.15) is 5.10 Å². The van der Waals surface area contributed by atoms with Crippen LogP contribution in [0.1, 0.15) is 34.2 Å². The average Bonchev–Trinajstić information content (AvgIpc) is 2.70. The Kier molecular flexibility index (Phi) is 4.05. The Bertz CT molecular complexity index is 617. The highest BCUT2D eigenvalue weighted by Gasteiger charge is 2.14. The number of halogens is 1. The molecule has 0 bridgehead atoms. The van der Waals surface area contributed by atoms with Crippen molar-refractivity contribution in [3.63, 3.8) is 0 Å². The van der Waals surface area contributed by atoms with Crippen LogP contribution in [0.2, 0.25) is 5.02 Å². The molecule has 0 aliphatic heterocycles. The molecule has 0 aliphatic rings. The molecule has 0 aliphatic carbocycles. The highest BCUT2D eigenvalue weighted by atomic mass is 35.5. The van der Waals surface area contributed by atoms with Crippen molar-refractivity contribution in [1.29, 1.82) is 0 Å². The first-order valence-electron chi connectivity index (χ1n) is 6.32. The van der Waals surface area contributed by atoms with Crippen LogP contribution >= 0.6 is 11.6 Å². The molecule has 0 unspecified atom stereocenters. The number of aromatic nitrogens is 2. The number of hydrogen-bond donors (Lipinski definition) is 0. The Morgan fingerprint density at radius 3 is 2.68 bits per heavy atom. The lowest BCUT2D eigenvalue weighted by molar-refractivity contribution is 0.0991. The molecule has 1 heterocycles. The third-order valence-corrected chi connectivity index (χ3v) is 3.47. The molecule has 3 nitrogen and oxygen atoms in total. The number of hydrogen-bond acceptors (Lipinski definition) is 2. The van der Waals surface area contributed by atoms with E-state index in [-0.39, 0.29) is 5.78 Å². The van der Waals surface area contributed by atoms with Crippen molar-refractivity contribution in [3.05, 3.63) is 51.8 Å². The van der Waals surface area contributed by atoms with Crippen molar-refractivity contribution < 1.29 is 4.79 Å². The molecule has 1 aromatic heterocycles. The summed E-state index contributed by atoms with van der Waals surface area (Å²) >= 11 is 6.12. The predicted octanol–water partition coefficient (Wildman–Crippen LogP) is 3.37. The molecule has 0 spiro atoms. The summed E-state index contributed by atoms with van der Waals surface area (Å²) in [6, 6.07) is 7.48. The number of carbonyl (C=O) groups excluding carboxylic acids is 1. The number of benzene rings is 1. The smallest absolute Gasteiger partial charge is 0.170 e. The van der Waals surface area contributed by atoms with Gasteiger partial charge < -0.3 is 0 Å². The van der Waals surface area contributed by atoms with Gasteiger partial charge in [0, 0.05) is 18.3 Å². The van der Waals surface area contributed by atoms with Gasteiger partial charge in [0.1, 0.15) is 0 Å².